The van der Waals surface area contributed by atoms with Crippen LogP contribution in [-0.2, 0) is 20.6 Å². The first-order valence-corrected chi connectivity index (χ1v) is 10.4. The molecular weight excluding hydrogens is 456 g/mol. The number of aryl methyl sites for hydroxylation is 1. The van der Waals surface area contributed by atoms with E-state index in [1.807, 2.05) is 41.8 Å². The maximum absolute atomic E-state index is 12.9. The summed E-state index contributed by atoms with van der Waals surface area (Å²) in [4.78, 5) is 30.6. The Hall–Kier alpha value is -2.98. The van der Waals surface area contributed by atoms with Crippen molar-refractivity contribution in [3.8, 4) is 0 Å². The van der Waals surface area contributed by atoms with Crippen molar-refractivity contribution >= 4 is 50.6 Å². The maximum atomic E-state index is 12.9. The van der Waals surface area contributed by atoms with Crippen molar-refractivity contribution in [2.45, 2.75) is 6.54 Å². The molecule has 1 aromatic carbocycles. The second kappa shape index (κ2) is 7.80. The number of nitrogens with one attached hydrogen (secondary N) is 1. The van der Waals surface area contributed by atoms with Gasteiger partial charge in [-0.2, -0.15) is 10.1 Å². The van der Waals surface area contributed by atoms with E-state index in [1.165, 1.54) is 11.6 Å². The lowest BCUT2D eigenvalue weighted by Crippen LogP contribution is -2.37. The van der Waals surface area contributed by atoms with Crippen LogP contribution in [0.15, 0.2) is 60.9 Å². The second-order valence-corrected chi connectivity index (χ2v) is 8.31. The number of benzene rings is 1. The van der Waals surface area contributed by atoms with Crippen LogP contribution >= 0.6 is 27.3 Å². The van der Waals surface area contributed by atoms with E-state index < -0.39 is 11.2 Å². The molecule has 0 spiro atoms. The van der Waals surface area contributed by atoms with E-state index in [1.54, 1.807) is 29.2 Å². The van der Waals surface area contributed by atoms with Gasteiger partial charge >= 0.3 is 5.69 Å². The number of imidazole rings is 1. The molecule has 10 heteroatoms. The highest BCUT2D eigenvalue weighted by atomic mass is 79.9. The van der Waals surface area contributed by atoms with Crippen LogP contribution in [0, 0.1) is 0 Å². The number of thiophene rings is 1. The van der Waals surface area contributed by atoms with E-state index >= 15 is 0 Å². The number of hydrogen-bond acceptors (Lipinski definition) is 6. The molecule has 148 valence electrons. The van der Waals surface area contributed by atoms with Crippen LogP contribution in [0.2, 0.25) is 0 Å². The Balaban J connectivity index is 1.85. The quantitative estimate of drug-likeness (QED) is 0.357. The van der Waals surface area contributed by atoms with Gasteiger partial charge in [0.1, 0.15) is 0 Å². The van der Waals surface area contributed by atoms with Crippen LogP contribution in [0.3, 0.4) is 0 Å². The molecule has 0 unspecified atom stereocenters. The molecule has 0 radical (unpaired) electrons. The standard InChI is InChI=1S/C19H17BrN6O2S/c1-24-16-15(17(27)25(2)19(24)28)26(11-12-5-7-13(20)8-6-12)18(22-16)23-21-10-14-4-3-9-29-14/h3-10H,11H2,1-2H3,(H,22,23)/b21-10-. The molecule has 0 fully saturated rings. The molecule has 0 saturated heterocycles. The van der Waals surface area contributed by atoms with Gasteiger partial charge in [-0.3, -0.25) is 18.5 Å². The average Bonchev–Trinajstić information content (AvgIpc) is 3.35. The van der Waals surface area contributed by atoms with Gasteiger partial charge < -0.3 is 0 Å². The van der Waals surface area contributed by atoms with Crippen LogP contribution in [0.5, 0.6) is 0 Å². The van der Waals surface area contributed by atoms with E-state index in [0.29, 0.717) is 23.7 Å². The average molecular weight is 473 g/mol. The fraction of sp³-hybridized carbons (Fsp3) is 0.158. The molecule has 3 aromatic heterocycles. The third-order valence-corrected chi connectivity index (χ3v) is 5.84. The minimum absolute atomic E-state index is 0.309. The number of halogens is 1. The highest BCUT2D eigenvalue weighted by Crippen LogP contribution is 2.19. The maximum Gasteiger partial charge on any atom is 0.332 e. The largest absolute Gasteiger partial charge is 0.332 e. The number of aromatic nitrogens is 4. The Morgan fingerprint density at radius 2 is 1.93 bits per heavy atom. The minimum atomic E-state index is -0.426. The number of fused-ring (bicyclic) bond motifs is 1. The molecule has 3 heterocycles. The summed E-state index contributed by atoms with van der Waals surface area (Å²) in [6.07, 6.45) is 1.69. The summed E-state index contributed by atoms with van der Waals surface area (Å²) in [5.41, 5.74) is 3.72. The zero-order valence-corrected chi connectivity index (χ0v) is 18.1. The Morgan fingerprint density at radius 3 is 2.62 bits per heavy atom. The van der Waals surface area contributed by atoms with Crippen molar-refractivity contribution in [2.75, 3.05) is 5.43 Å². The first-order chi connectivity index (χ1) is 14.0. The smallest absolute Gasteiger partial charge is 0.298 e. The predicted molar refractivity (Wildman–Crippen MR) is 119 cm³/mol. The number of nitrogens with zero attached hydrogens (tertiary/aromatic N) is 5. The highest BCUT2D eigenvalue weighted by Gasteiger charge is 2.19. The van der Waals surface area contributed by atoms with Crippen molar-refractivity contribution in [2.24, 2.45) is 19.2 Å². The Kier molecular flexibility index (Phi) is 5.20. The number of rotatable bonds is 5. The molecule has 0 saturated carbocycles. The molecule has 0 aliphatic carbocycles. The van der Waals surface area contributed by atoms with Gasteiger partial charge in [-0.15, -0.1) is 11.3 Å². The predicted octanol–water partition coefficient (Wildman–Crippen LogP) is 2.75. The number of hydrazone groups is 1. The number of hydrogen-bond donors (Lipinski definition) is 1. The zero-order chi connectivity index (χ0) is 20.5. The van der Waals surface area contributed by atoms with Gasteiger partial charge in [0.2, 0.25) is 5.95 Å². The van der Waals surface area contributed by atoms with Crippen LogP contribution in [-0.4, -0.2) is 24.9 Å². The lowest BCUT2D eigenvalue weighted by atomic mass is 10.2. The van der Waals surface area contributed by atoms with E-state index in [2.05, 4.69) is 31.4 Å². The topological polar surface area (TPSA) is 86.2 Å². The molecule has 1 N–H and O–H groups in total. The van der Waals surface area contributed by atoms with E-state index in [4.69, 9.17) is 0 Å². The first-order valence-electron chi connectivity index (χ1n) is 8.69. The van der Waals surface area contributed by atoms with Gasteiger partial charge in [0, 0.05) is 23.4 Å². The number of anilines is 1. The second-order valence-electron chi connectivity index (χ2n) is 6.41. The summed E-state index contributed by atoms with van der Waals surface area (Å²) in [7, 11) is 3.06. The summed E-state index contributed by atoms with van der Waals surface area (Å²) >= 11 is 4.99. The molecule has 8 nitrogen and oxygen atoms in total. The lowest BCUT2D eigenvalue weighted by Gasteiger charge is -2.09. The summed E-state index contributed by atoms with van der Waals surface area (Å²) < 4.78 is 5.16. The normalized spacial score (nSPS) is 11.6. The monoisotopic (exact) mass is 472 g/mol. The van der Waals surface area contributed by atoms with Gasteiger partial charge in [-0.05, 0) is 29.1 Å². The third-order valence-electron chi connectivity index (χ3n) is 4.50. The molecule has 29 heavy (non-hydrogen) atoms. The van der Waals surface area contributed by atoms with Crippen molar-refractivity contribution in [1.82, 2.24) is 18.7 Å². The Labute approximate surface area is 177 Å². The zero-order valence-electron chi connectivity index (χ0n) is 15.7. The molecule has 4 rings (SSSR count). The molecule has 0 atom stereocenters. The van der Waals surface area contributed by atoms with Crippen LogP contribution in [0.25, 0.3) is 11.2 Å². The third kappa shape index (κ3) is 3.68. The highest BCUT2D eigenvalue weighted by molar-refractivity contribution is 9.10. The molecule has 0 aliphatic heterocycles. The first kappa shape index (κ1) is 19.3. The van der Waals surface area contributed by atoms with Crippen LogP contribution in [0.4, 0.5) is 5.95 Å². The van der Waals surface area contributed by atoms with Gasteiger partial charge in [-0.25, -0.2) is 10.2 Å². The van der Waals surface area contributed by atoms with Gasteiger partial charge in [0.05, 0.1) is 12.8 Å². The minimum Gasteiger partial charge on any atom is -0.298 e. The summed E-state index contributed by atoms with van der Waals surface area (Å²) in [5, 5.41) is 6.21. The molecule has 0 bridgehead atoms. The van der Waals surface area contributed by atoms with Crippen LogP contribution in [0.1, 0.15) is 10.4 Å². The fourth-order valence-electron chi connectivity index (χ4n) is 2.98. The van der Waals surface area contributed by atoms with E-state index in [0.717, 1.165) is 19.5 Å². The molecule has 0 aliphatic rings. The Morgan fingerprint density at radius 1 is 1.17 bits per heavy atom. The molecule has 4 aromatic rings. The van der Waals surface area contributed by atoms with Crippen molar-refractivity contribution in [3.63, 3.8) is 0 Å². The fourth-order valence-corrected chi connectivity index (χ4v) is 3.83. The van der Waals surface area contributed by atoms with Gasteiger partial charge in [-0.1, -0.05) is 34.1 Å². The van der Waals surface area contributed by atoms with E-state index in [-0.39, 0.29) is 0 Å². The summed E-state index contributed by atoms with van der Waals surface area (Å²) in [6, 6.07) is 11.7. The lowest BCUT2D eigenvalue weighted by molar-refractivity contribution is 0.702. The van der Waals surface area contributed by atoms with E-state index in [9.17, 15) is 9.59 Å². The summed E-state index contributed by atoms with van der Waals surface area (Å²) in [6.45, 7) is 0.397. The van der Waals surface area contributed by atoms with Crippen LogP contribution < -0.4 is 16.7 Å². The summed E-state index contributed by atoms with van der Waals surface area (Å²) in [5.74, 6) is 0.383. The Bertz CT molecular complexity index is 1320. The van der Waals surface area contributed by atoms with Crippen molar-refractivity contribution in [3.05, 3.63) is 77.5 Å². The van der Waals surface area contributed by atoms with Gasteiger partial charge in [0.25, 0.3) is 5.56 Å². The SMILES string of the molecule is Cn1c(=O)c2c(nc(N/N=C\c3cccs3)n2Cc2ccc(Br)cc2)n(C)c1=O. The molecular formula is C19H17BrN6O2S. The van der Waals surface area contributed by atoms with Gasteiger partial charge in [0.15, 0.2) is 11.2 Å². The van der Waals surface area contributed by atoms with Crippen molar-refractivity contribution < 1.29 is 0 Å². The molecule has 0 amide bonds. The van der Waals surface area contributed by atoms with Crippen molar-refractivity contribution in [1.29, 1.82) is 0 Å².